The molecule has 0 aromatic carbocycles. The summed E-state index contributed by atoms with van der Waals surface area (Å²) in [6.07, 6.45) is 4.14. The number of hydrogen-bond acceptors (Lipinski definition) is 5. The van der Waals surface area contributed by atoms with Crippen LogP contribution in [0.2, 0.25) is 0 Å². The molecule has 0 saturated heterocycles. The molecule has 0 aliphatic heterocycles. The fourth-order valence-electron chi connectivity index (χ4n) is 1.15. The van der Waals surface area contributed by atoms with E-state index in [4.69, 9.17) is 10.5 Å². The first kappa shape index (κ1) is 12.6. The number of nitrogens with two attached hydrogens (primary N) is 1. The van der Waals surface area contributed by atoms with Crippen LogP contribution >= 0.6 is 0 Å². The molecule has 0 bridgehead atoms. The van der Waals surface area contributed by atoms with E-state index in [-0.39, 0.29) is 18.0 Å². The summed E-state index contributed by atoms with van der Waals surface area (Å²) in [5, 5.41) is 10.6. The average molecular weight is 237 g/mol. The van der Waals surface area contributed by atoms with Crippen LogP contribution in [0.15, 0.2) is 18.3 Å². The normalized spacial score (nSPS) is 10.4. The quantitative estimate of drug-likeness (QED) is 0.604. The van der Waals surface area contributed by atoms with Crippen LogP contribution in [-0.4, -0.2) is 22.9 Å². The molecule has 7 heteroatoms. The summed E-state index contributed by atoms with van der Waals surface area (Å²) < 4.78 is 4.94. The molecule has 0 saturated carbocycles. The zero-order valence-electron chi connectivity index (χ0n) is 9.12. The lowest BCUT2D eigenvalue weighted by Crippen LogP contribution is -2.07. The fraction of sp³-hybridized carbons (Fsp3) is 0.200. The van der Waals surface area contributed by atoms with Gasteiger partial charge in [0.05, 0.1) is 12.0 Å². The molecule has 2 N–H and O–H groups in total. The summed E-state index contributed by atoms with van der Waals surface area (Å²) in [5.41, 5.74) is 5.23. The van der Waals surface area contributed by atoms with E-state index in [9.17, 15) is 14.9 Å². The predicted octanol–water partition coefficient (Wildman–Crippen LogP) is 0.887. The largest absolute Gasteiger partial charge is 0.481 e. The fourth-order valence-corrected chi connectivity index (χ4v) is 1.15. The smallest absolute Gasteiger partial charge is 0.288 e. The van der Waals surface area contributed by atoms with Gasteiger partial charge in [-0.3, -0.25) is 14.9 Å². The van der Waals surface area contributed by atoms with Gasteiger partial charge in [-0.1, -0.05) is 12.2 Å². The van der Waals surface area contributed by atoms with Gasteiger partial charge in [-0.15, -0.1) is 0 Å². The lowest BCUT2D eigenvalue weighted by atomic mass is 10.2. The third kappa shape index (κ3) is 3.56. The number of amides is 1. The molecule has 0 radical (unpaired) electrons. The molecule has 0 aliphatic rings. The number of carbonyl (C=O) groups is 1. The molecule has 0 fully saturated rings. The summed E-state index contributed by atoms with van der Waals surface area (Å²) >= 11 is 0. The van der Waals surface area contributed by atoms with Crippen molar-refractivity contribution in [1.29, 1.82) is 0 Å². The second kappa shape index (κ2) is 5.59. The molecule has 0 spiro atoms. The minimum Gasteiger partial charge on any atom is -0.481 e. The monoisotopic (exact) mass is 237 g/mol. The van der Waals surface area contributed by atoms with E-state index < -0.39 is 10.8 Å². The van der Waals surface area contributed by atoms with Crippen LogP contribution in [0.5, 0.6) is 5.88 Å². The van der Waals surface area contributed by atoms with E-state index in [1.54, 1.807) is 0 Å². The van der Waals surface area contributed by atoms with Crippen molar-refractivity contribution in [3.8, 4) is 5.88 Å². The second-order valence-corrected chi connectivity index (χ2v) is 3.12. The molecule has 0 unspecified atom stereocenters. The number of hydrogen-bond donors (Lipinski definition) is 1. The van der Waals surface area contributed by atoms with Crippen LogP contribution in [0.4, 0.5) is 5.69 Å². The van der Waals surface area contributed by atoms with Crippen LogP contribution in [-0.2, 0) is 4.79 Å². The van der Waals surface area contributed by atoms with E-state index in [0.717, 1.165) is 6.20 Å². The number of nitrogens with zero attached hydrogens (tertiary/aromatic N) is 2. The molecule has 1 heterocycles. The number of pyridine rings is 1. The molecule has 1 rings (SSSR count). The summed E-state index contributed by atoms with van der Waals surface area (Å²) in [6, 6.07) is 1.31. The van der Waals surface area contributed by atoms with Gasteiger partial charge in [0.15, 0.2) is 0 Å². The van der Waals surface area contributed by atoms with Gasteiger partial charge in [-0.2, -0.15) is 0 Å². The molecule has 0 atom stereocenters. The Labute approximate surface area is 97.1 Å². The zero-order chi connectivity index (χ0) is 12.8. The van der Waals surface area contributed by atoms with Crippen molar-refractivity contribution in [1.82, 2.24) is 4.98 Å². The van der Waals surface area contributed by atoms with Crippen molar-refractivity contribution >= 4 is 17.7 Å². The predicted molar refractivity (Wildman–Crippen MR) is 60.3 cm³/mol. The van der Waals surface area contributed by atoms with Crippen molar-refractivity contribution in [3.63, 3.8) is 0 Å². The van der Waals surface area contributed by atoms with E-state index in [1.807, 2.05) is 0 Å². The van der Waals surface area contributed by atoms with Gasteiger partial charge < -0.3 is 10.5 Å². The molecular formula is C10H11N3O4. The number of ether oxygens (including phenoxy) is 1. The highest BCUT2D eigenvalue weighted by molar-refractivity contribution is 5.76. The van der Waals surface area contributed by atoms with Gasteiger partial charge in [0, 0.05) is 18.1 Å². The van der Waals surface area contributed by atoms with Gasteiger partial charge in [-0.25, -0.2) is 4.98 Å². The van der Waals surface area contributed by atoms with Gasteiger partial charge in [-0.05, 0) is 0 Å². The maximum atomic E-state index is 10.6. The first-order chi connectivity index (χ1) is 8.04. The Bertz CT molecular complexity index is 471. The number of rotatable bonds is 5. The third-order valence-corrected chi connectivity index (χ3v) is 1.89. The molecule has 0 aliphatic carbocycles. The van der Waals surface area contributed by atoms with Gasteiger partial charge in [0.25, 0.3) is 5.69 Å². The van der Waals surface area contributed by atoms with Crippen molar-refractivity contribution in [2.45, 2.75) is 6.42 Å². The van der Waals surface area contributed by atoms with E-state index >= 15 is 0 Å². The molecule has 90 valence electrons. The van der Waals surface area contributed by atoms with Crippen LogP contribution in [0.3, 0.4) is 0 Å². The zero-order valence-corrected chi connectivity index (χ0v) is 9.12. The molecular weight excluding hydrogens is 226 g/mol. The second-order valence-electron chi connectivity index (χ2n) is 3.12. The summed E-state index contributed by atoms with van der Waals surface area (Å²) in [6.45, 7) is 0. The summed E-state index contributed by atoms with van der Waals surface area (Å²) in [7, 11) is 1.40. The van der Waals surface area contributed by atoms with E-state index in [1.165, 1.54) is 25.3 Å². The Kier molecular flexibility index (Phi) is 4.15. The highest BCUT2D eigenvalue weighted by Gasteiger charge is 2.10. The standard InChI is InChI=1S/C10H11N3O4/c1-17-10-7(3-2-4-9(11)14)5-8(6-12-10)13(15)16/h2-3,5-6H,4H2,1H3,(H2,11,14). The van der Waals surface area contributed by atoms with Crippen molar-refractivity contribution in [2.75, 3.05) is 7.11 Å². The maximum Gasteiger partial charge on any atom is 0.288 e. The maximum absolute atomic E-state index is 10.6. The van der Waals surface area contributed by atoms with Crippen LogP contribution in [0.25, 0.3) is 6.08 Å². The highest BCUT2D eigenvalue weighted by atomic mass is 16.6. The average Bonchev–Trinajstić information content (AvgIpc) is 2.28. The number of primary amides is 1. The topological polar surface area (TPSA) is 108 Å². The number of nitro groups is 1. The van der Waals surface area contributed by atoms with Crippen molar-refractivity contribution in [2.24, 2.45) is 5.73 Å². The molecule has 7 nitrogen and oxygen atoms in total. The highest BCUT2D eigenvalue weighted by Crippen LogP contribution is 2.22. The first-order valence-corrected chi connectivity index (χ1v) is 4.68. The molecule has 17 heavy (non-hydrogen) atoms. The Morgan fingerprint density at radius 1 is 1.71 bits per heavy atom. The Balaban J connectivity index is 3.01. The van der Waals surface area contributed by atoms with Gasteiger partial charge in [0.1, 0.15) is 6.20 Å². The summed E-state index contributed by atoms with van der Waals surface area (Å²) in [5.74, 6) is -0.241. The van der Waals surface area contributed by atoms with Gasteiger partial charge in [0.2, 0.25) is 11.8 Å². The Hall–Kier alpha value is -2.44. The first-order valence-electron chi connectivity index (χ1n) is 4.68. The minimum absolute atomic E-state index is 0.0475. The number of carbonyl (C=O) groups excluding carboxylic acids is 1. The lowest BCUT2D eigenvalue weighted by Gasteiger charge is -2.02. The number of methoxy groups -OCH3 is 1. The molecule has 1 aromatic rings. The molecule has 1 aromatic heterocycles. The van der Waals surface area contributed by atoms with E-state index in [2.05, 4.69) is 4.98 Å². The Morgan fingerprint density at radius 2 is 2.41 bits per heavy atom. The van der Waals surface area contributed by atoms with Crippen molar-refractivity contribution < 1.29 is 14.5 Å². The third-order valence-electron chi connectivity index (χ3n) is 1.89. The van der Waals surface area contributed by atoms with Gasteiger partial charge >= 0.3 is 0 Å². The van der Waals surface area contributed by atoms with Crippen LogP contribution in [0, 0.1) is 10.1 Å². The van der Waals surface area contributed by atoms with E-state index in [0.29, 0.717) is 5.56 Å². The van der Waals surface area contributed by atoms with Crippen LogP contribution in [0.1, 0.15) is 12.0 Å². The summed E-state index contributed by atoms with van der Waals surface area (Å²) in [4.78, 5) is 24.3. The SMILES string of the molecule is COc1ncc([N+](=O)[O-])cc1C=CCC(N)=O. The molecule has 1 amide bonds. The van der Waals surface area contributed by atoms with Crippen LogP contribution < -0.4 is 10.5 Å². The lowest BCUT2D eigenvalue weighted by molar-refractivity contribution is -0.385. The minimum atomic E-state index is -0.558. The number of aromatic nitrogens is 1. The Morgan fingerprint density at radius 3 is 2.94 bits per heavy atom. The van der Waals surface area contributed by atoms with Crippen molar-refractivity contribution in [3.05, 3.63) is 34.0 Å².